The number of carbonyl (C=O) groups is 1. The maximum absolute atomic E-state index is 13.9. The molecular weight excluding hydrogens is 293 g/mol. The van der Waals surface area contributed by atoms with Gasteiger partial charge in [0.15, 0.2) is 0 Å². The first-order chi connectivity index (χ1) is 11.1. The highest BCUT2D eigenvalue weighted by Crippen LogP contribution is 2.30. The van der Waals surface area contributed by atoms with Crippen LogP contribution in [-0.4, -0.2) is 33.7 Å². The standard InChI is InChI=1S/C18H22FN3O/c1-3-9-22-12-16(13(2)20-22)18(23)21-10-8-14(11-21)15-6-4-5-7-17(15)19/h4-7,12,14H,3,8-11H2,1-2H3/t14-/m0/s1. The van der Waals surface area contributed by atoms with E-state index in [1.165, 1.54) is 6.07 Å². The van der Waals surface area contributed by atoms with Crippen molar-refractivity contribution in [1.82, 2.24) is 14.7 Å². The van der Waals surface area contributed by atoms with Crippen molar-refractivity contribution < 1.29 is 9.18 Å². The van der Waals surface area contributed by atoms with Crippen LogP contribution in [0.5, 0.6) is 0 Å². The summed E-state index contributed by atoms with van der Waals surface area (Å²) in [4.78, 5) is 14.5. The van der Waals surface area contributed by atoms with Gasteiger partial charge in [-0.1, -0.05) is 25.1 Å². The number of rotatable bonds is 4. The number of aromatic nitrogens is 2. The van der Waals surface area contributed by atoms with Gasteiger partial charge in [0.05, 0.1) is 11.3 Å². The van der Waals surface area contributed by atoms with Gasteiger partial charge in [0, 0.05) is 31.7 Å². The van der Waals surface area contributed by atoms with Crippen LogP contribution in [0.15, 0.2) is 30.5 Å². The zero-order chi connectivity index (χ0) is 16.4. The smallest absolute Gasteiger partial charge is 0.257 e. The lowest BCUT2D eigenvalue weighted by Crippen LogP contribution is -2.28. The van der Waals surface area contributed by atoms with Gasteiger partial charge in [-0.3, -0.25) is 9.48 Å². The van der Waals surface area contributed by atoms with Gasteiger partial charge < -0.3 is 4.90 Å². The molecule has 1 fully saturated rings. The molecule has 1 aromatic heterocycles. The fraction of sp³-hybridized carbons (Fsp3) is 0.444. The molecule has 3 rings (SSSR count). The van der Waals surface area contributed by atoms with Gasteiger partial charge in [-0.05, 0) is 31.4 Å². The first-order valence-electron chi connectivity index (χ1n) is 8.18. The van der Waals surface area contributed by atoms with Crippen molar-refractivity contribution >= 4 is 5.91 Å². The molecule has 1 amide bonds. The first-order valence-corrected chi connectivity index (χ1v) is 8.18. The second-order valence-electron chi connectivity index (χ2n) is 6.15. The Labute approximate surface area is 135 Å². The summed E-state index contributed by atoms with van der Waals surface area (Å²) in [5.74, 6) is -0.103. The maximum Gasteiger partial charge on any atom is 0.257 e. The average Bonchev–Trinajstić information content (AvgIpc) is 3.15. The minimum atomic E-state index is -0.182. The van der Waals surface area contributed by atoms with Gasteiger partial charge in [0.1, 0.15) is 5.82 Å². The number of likely N-dealkylation sites (tertiary alicyclic amines) is 1. The highest BCUT2D eigenvalue weighted by molar-refractivity contribution is 5.95. The fourth-order valence-electron chi connectivity index (χ4n) is 3.25. The third-order valence-corrected chi connectivity index (χ3v) is 4.45. The van der Waals surface area contributed by atoms with Crippen LogP contribution in [0.2, 0.25) is 0 Å². The molecule has 0 bridgehead atoms. The Morgan fingerprint density at radius 2 is 2.17 bits per heavy atom. The molecule has 23 heavy (non-hydrogen) atoms. The third kappa shape index (κ3) is 3.14. The molecule has 2 aromatic rings. The van der Waals surface area contributed by atoms with E-state index in [9.17, 15) is 9.18 Å². The SMILES string of the molecule is CCCn1cc(C(=O)N2CC[C@H](c3ccccc3F)C2)c(C)n1. The Morgan fingerprint density at radius 1 is 1.39 bits per heavy atom. The number of aryl methyl sites for hydroxylation is 2. The minimum Gasteiger partial charge on any atom is -0.338 e. The molecule has 1 aliphatic heterocycles. The van der Waals surface area contributed by atoms with Crippen molar-refractivity contribution in [2.75, 3.05) is 13.1 Å². The summed E-state index contributed by atoms with van der Waals surface area (Å²) in [6.45, 7) is 5.99. The van der Waals surface area contributed by atoms with E-state index in [0.717, 1.165) is 25.1 Å². The van der Waals surface area contributed by atoms with E-state index in [2.05, 4.69) is 12.0 Å². The summed E-state index contributed by atoms with van der Waals surface area (Å²) in [5.41, 5.74) is 2.13. The molecule has 1 saturated heterocycles. The van der Waals surface area contributed by atoms with Crippen LogP contribution < -0.4 is 0 Å². The molecule has 1 aromatic carbocycles. The summed E-state index contributed by atoms with van der Waals surface area (Å²) < 4.78 is 15.8. The second kappa shape index (κ2) is 6.52. The van der Waals surface area contributed by atoms with Crippen LogP contribution in [0.25, 0.3) is 0 Å². The average molecular weight is 315 g/mol. The third-order valence-electron chi connectivity index (χ3n) is 4.45. The van der Waals surface area contributed by atoms with Crippen LogP contribution >= 0.6 is 0 Å². The first kappa shape index (κ1) is 15.7. The van der Waals surface area contributed by atoms with Crippen molar-refractivity contribution in [2.45, 2.75) is 39.2 Å². The number of benzene rings is 1. The highest BCUT2D eigenvalue weighted by atomic mass is 19.1. The highest BCUT2D eigenvalue weighted by Gasteiger charge is 2.30. The van der Waals surface area contributed by atoms with E-state index in [1.807, 2.05) is 34.8 Å². The van der Waals surface area contributed by atoms with Crippen molar-refractivity contribution in [1.29, 1.82) is 0 Å². The lowest BCUT2D eigenvalue weighted by Gasteiger charge is -2.16. The Balaban J connectivity index is 1.74. The van der Waals surface area contributed by atoms with Gasteiger partial charge in [-0.15, -0.1) is 0 Å². The zero-order valence-electron chi connectivity index (χ0n) is 13.6. The van der Waals surface area contributed by atoms with E-state index in [4.69, 9.17) is 0 Å². The van der Waals surface area contributed by atoms with Gasteiger partial charge >= 0.3 is 0 Å². The lowest BCUT2D eigenvalue weighted by atomic mass is 9.98. The summed E-state index contributed by atoms with van der Waals surface area (Å²) in [7, 11) is 0. The largest absolute Gasteiger partial charge is 0.338 e. The molecule has 5 heteroatoms. The number of hydrogen-bond donors (Lipinski definition) is 0. The molecule has 0 spiro atoms. The zero-order valence-corrected chi connectivity index (χ0v) is 13.6. The predicted octanol–water partition coefficient (Wildman–Crippen LogP) is 3.37. The summed E-state index contributed by atoms with van der Waals surface area (Å²) in [6.07, 6.45) is 3.61. The van der Waals surface area contributed by atoms with Crippen LogP contribution in [-0.2, 0) is 6.54 Å². The lowest BCUT2D eigenvalue weighted by molar-refractivity contribution is 0.0790. The Kier molecular flexibility index (Phi) is 4.46. The molecule has 1 atom stereocenters. The molecule has 0 saturated carbocycles. The van der Waals surface area contributed by atoms with Gasteiger partial charge in [0.2, 0.25) is 0 Å². The van der Waals surface area contributed by atoms with Crippen molar-refractivity contribution in [3.8, 4) is 0 Å². The fourth-order valence-corrected chi connectivity index (χ4v) is 3.25. The van der Waals surface area contributed by atoms with Gasteiger partial charge in [0.25, 0.3) is 5.91 Å². The van der Waals surface area contributed by atoms with Gasteiger partial charge in [-0.25, -0.2) is 4.39 Å². The number of nitrogens with zero attached hydrogens (tertiary/aromatic N) is 3. The van der Waals surface area contributed by atoms with Crippen LogP contribution in [0.1, 0.15) is 47.3 Å². The number of amides is 1. The summed E-state index contributed by atoms with van der Waals surface area (Å²) in [5, 5.41) is 4.39. The topological polar surface area (TPSA) is 38.1 Å². The van der Waals surface area contributed by atoms with E-state index in [0.29, 0.717) is 24.2 Å². The summed E-state index contributed by atoms with van der Waals surface area (Å²) in [6, 6.07) is 6.85. The van der Waals surface area contributed by atoms with E-state index in [1.54, 1.807) is 6.07 Å². The molecular formula is C18H22FN3O. The van der Waals surface area contributed by atoms with Crippen molar-refractivity contribution in [3.63, 3.8) is 0 Å². The Bertz CT molecular complexity index is 710. The van der Waals surface area contributed by atoms with E-state index < -0.39 is 0 Å². The molecule has 0 unspecified atom stereocenters. The molecule has 0 aliphatic carbocycles. The molecule has 4 nitrogen and oxygen atoms in total. The van der Waals surface area contributed by atoms with Crippen molar-refractivity contribution in [3.05, 3.63) is 53.1 Å². The second-order valence-corrected chi connectivity index (χ2v) is 6.15. The van der Waals surface area contributed by atoms with E-state index in [-0.39, 0.29) is 17.6 Å². The van der Waals surface area contributed by atoms with Crippen LogP contribution in [0.4, 0.5) is 4.39 Å². The van der Waals surface area contributed by atoms with Gasteiger partial charge in [-0.2, -0.15) is 5.10 Å². The predicted molar refractivity (Wildman–Crippen MR) is 86.9 cm³/mol. The minimum absolute atomic E-state index is 0.00342. The number of carbonyl (C=O) groups excluding carboxylic acids is 1. The number of halogens is 1. The molecule has 1 aliphatic rings. The Morgan fingerprint density at radius 3 is 2.91 bits per heavy atom. The monoisotopic (exact) mass is 315 g/mol. The summed E-state index contributed by atoms with van der Waals surface area (Å²) >= 11 is 0. The molecule has 122 valence electrons. The maximum atomic E-state index is 13.9. The Hall–Kier alpha value is -2.17. The van der Waals surface area contributed by atoms with E-state index >= 15 is 0 Å². The van der Waals surface area contributed by atoms with Crippen molar-refractivity contribution in [2.24, 2.45) is 0 Å². The van der Waals surface area contributed by atoms with Crippen LogP contribution in [0, 0.1) is 12.7 Å². The normalized spacial score (nSPS) is 17.7. The number of hydrogen-bond acceptors (Lipinski definition) is 2. The molecule has 2 heterocycles. The molecule has 0 N–H and O–H groups in total. The van der Waals surface area contributed by atoms with Crippen LogP contribution in [0.3, 0.4) is 0 Å². The quantitative estimate of drug-likeness (QED) is 0.867. The molecule has 0 radical (unpaired) electrons.